The minimum atomic E-state index is -4.32. The maximum Gasteiger partial charge on any atom is 0.472 e. The van der Waals surface area contributed by atoms with Crippen molar-refractivity contribution in [1.82, 2.24) is 5.32 Å². The SMILES string of the molecule is CCCCCCCC/C=C\CCCCCCCCCC(=O)NC(COP(=O)(O)OCC[N+](C)(C)C)C(O)CCCCCCCCCCCCCCCCCCCCCCCC. The molecule has 0 aromatic carbocycles. The molecule has 9 heteroatoms. The van der Waals surface area contributed by atoms with Gasteiger partial charge in [0.05, 0.1) is 39.9 Å². The van der Waals surface area contributed by atoms with Gasteiger partial charge in [-0.2, -0.15) is 0 Å². The van der Waals surface area contributed by atoms with Gasteiger partial charge in [0.2, 0.25) is 5.91 Å². The Labute approximate surface area is 380 Å². The van der Waals surface area contributed by atoms with Crippen molar-refractivity contribution in [3.8, 4) is 0 Å². The van der Waals surface area contributed by atoms with E-state index in [1.165, 1.54) is 199 Å². The van der Waals surface area contributed by atoms with Crippen LogP contribution in [0.2, 0.25) is 0 Å². The maximum atomic E-state index is 12.9. The van der Waals surface area contributed by atoms with Crippen LogP contribution in [-0.4, -0.2) is 73.4 Å². The molecule has 0 heterocycles. The zero-order chi connectivity index (χ0) is 45.0. The first-order chi connectivity index (χ1) is 29.5. The van der Waals surface area contributed by atoms with Crippen molar-refractivity contribution in [1.29, 1.82) is 0 Å². The molecule has 0 aromatic rings. The van der Waals surface area contributed by atoms with Crippen molar-refractivity contribution in [2.24, 2.45) is 0 Å². The van der Waals surface area contributed by atoms with Gasteiger partial charge in [-0.05, 0) is 38.5 Å². The van der Waals surface area contributed by atoms with E-state index in [0.29, 0.717) is 23.9 Å². The number of hydrogen-bond donors (Lipinski definition) is 3. The topological polar surface area (TPSA) is 105 Å². The van der Waals surface area contributed by atoms with Gasteiger partial charge in [-0.3, -0.25) is 13.8 Å². The van der Waals surface area contributed by atoms with E-state index in [-0.39, 0.29) is 19.1 Å². The minimum absolute atomic E-state index is 0.0761. The summed E-state index contributed by atoms with van der Waals surface area (Å²) in [5.41, 5.74) is 0. The third-order valence-corrected chi connectivity index (χ3v) is 13.2. The second kappa shape index (κ2) is 44.4. The van der Waals surface area contributed by atoms with E-state index >= 15 is 0 Å². The zero-order valence-corrected chi connectivity index (χ0v) is 42.3. The van der Waals surface area contributed by atoms with Crippen LogP contribution in [0, 0.1) is 0 Å². The monoisotopic (exact) mass is 886 g/mol. The highest BCUT2D eigenvalue weighted by atomic mass is 31.2. The molecule has 0 fully saturated rings. The molecule has 0 saturated carbocycles. The number of quaternary nitrogens is 1. The van der Waals surface area contributed by atoms with Gasteiger partial charge in [0.25, 0.3) is 0 Å². The number of phosphoric ester groups is 1. The average Bonchev–Trinajstić information content (AvgIpc) is 3.21. The van der Waals surface area contributed by atoms with Crippen LogP contribution < -0.4 is 5.32 Å². The van der Waals surface area contributed by atoms with Gasteiger partial charge in [0.1, 0.15) is 13.2 Å². The molecule has 0 aliphatic carbocycles. The summed E-state index contributed by atoms with van der Waals surface area (Å²) in [7, 11) is 1.62. The molecule has 0 radical (unpaired) electrons. The van der Waals surface area contributed by atoms with Crippen molar-refractivity contribution in [3.63, 3.8) is 0 Å². The lowest BCUT2D eigenvalue weighted by molar-refractivity contribution is -0.870. The van der Waals surface area contributed by atoms with Crippen molar-refractivity contribution in [2.45, 2.75) is 276 Å². The highest BCUT2D eigenvalue weighted by Crippen LogP contribution is 2.43. The summed E-state index contributed by atoms with van der Waals surface area (Å²) in [6.45, 7) is 4.91. The molecule has 364 valence electrons. The highest BCUT2D eigenvalue weighted by Gasteiger charge is 2.28. The Hall–Kier alpha value is -0.760. The third-order valence-electron chi connectivity index (χ3n) is 12.3. The van der Waals surface area contributed by atoms with Crippen LogP contribution in [0.4, 0.5) is 0 Å². The summed E-state index contributed by atoms with van der Waals surface area (Å²) < 4.78 is 23.7. The second-order valence-corrected chi connectivity index (χ2v) is 21.1. The third kappa shape index (κ3) is 47.0. The van der Waals surface area contributed by atoms with E-state index in [9.17, 15) is 19.4 Å². The normalized spacial score (nSPS) is 14.1. The van der Waals surface area contributed by atoms with E-state index < -0.39 is 20.0 Å². The number of nitrogens with zero attached hydrogens (tertiary/aromatic N) is 1. The Balaban J connectivity index is 4.21. The Bertz CT molecular complexity index is 1000. The molecular weight excluding hydrogens is 780 g/mol. The number of carbonyl (C=O) groups excluding carboxylic acids is 1. The number of carbonyl (C=O) groups is 1. The lowest BCUT2D eigenvalue weighted by atomic mass is 10.0. The van der Waals surface area contributed by atoms with E-state index in [2.05, 4.69) is 31.3 Å². The number of allylic oxidation sites excluding steroid dienone is 2. The van der Waals surface area contributed by atoms with Crippen molar-refractivity contribution in [3.05, 3.63) is 12.2 Å². The van der Waals surface area contributed by atoms with Gasteiger partial charge in [-0.1, -0.05) is 231 Å². The summed E-state index contributed by atoms with van der Waals surface area (Å²) in [4.78, 5) is 23.3. The van der Waals surface area contributed by atoms with E-state index in [1.54, 1.807) is 0 Å². The van der Waals surface area contributed by atoms with E-state index in [4.69, 9.17) is 9.05 Å². The Morgan fingerprint density at radius 1 is 0.541 bits per heavy atom. The predicted molar refractivity (Wildman–Crippen MR) is 263 cm³/mol. The summed E-state index contributed by atoms with van der Waals surface area (Å²) in [5.74, 6) is -0.145. The first-order valence-corrected chi connectivity index (χ1v) is 28.0. The molecule has 1 amide bonds. The number of likely N-dealkylation sites (N-methyl/N-ethyl adjacent to an activating group) is 1. The number of phosphoric acid groups is 1. The van der Waals surface area contributed by atoms with Crippen LogP contribution in [0.3, 0.4) is 0 Å². The Morgan fingerprint density at radius 2 is 0.885 bits per heavy atom. The summed E-state index contributed by atoms with van der Waals surface area (Å²) >= 11 is 0. The molecule has 3 unspecified atom stereocenters. The number of nitrogens with one attached hydrogen (secondary N) is 1. The Morgan fingerprint density at radius 3 is 1.26 bits per heavy atom. The molecule has 0 aliphatic rings. The highest BCUT2D eigenvalue weighted by molar-refractivity contribution is 7.47. The average molecular weight is 886 g/mol. The number of rotatable bonds is 49. The summed E-state index contributed by atoms with van der Waals surface area (Å²) in [6.07, 6.45) is 52.5. The molecule has 3 atom stereocenters. The van der Waals surface area contributed by atoms with Crippen LogP contribution in [0.1, 0.15) is 264 Å². The van der Waals surface area contributed by atoms with Crippen LogP contribution in [0.5, 0.6) is 0 Å². The molecule has 3 N–H and O–H groups in total. The lowest BCUT2D eigenvalue weighted by Gasteiger charge is -2.26. The second-order valence-electron chi connectivity index (χ2n) is 19.6. The molecule has 0 spiro atoms. The zero-order valence-electron chi connectivity index (χ0n) is 41.4. The lowest BCUT2D eigenvalue weighted by Crippen LogP contribution is -2.46. The van der Waals surface area contributed by atoms with Crippen LogP contribution in [0.15, 0.2) is 12.2 Å². The number of hydrogen-bond acceptors (Lipinski definition) is 5. The van der Waals surface area contributed by atoms with Crippen LogP contribution in [0.25, 0.3) is 0 Å². The predicted octanol–water partition coefficient (Wildman–Crippen LogP) is 15.5. The molecular formula is C52H106N2O6P+. The molecule has 8 nitrogen and oxygen atoms in total. The largest absolute Gasteiger partial charge is 0.472 e. The smallest absolute Gasteiger partial charge is 0.391 e. The summed E-state index contributed by atoms with van der Waals surface area (Å²) in [6, 6.07) is -0.760. The van der Waals surface area contributed by atoms with E-state index in [0.717, 1.165) is 38.5 Å². The van der Waals surface area contributed by atoms with Gasteiger partial charge in [0, 0.05) is 6.42 Å². The molecule has 0 rings (SSSR count). The van der Waals surface area contributed by atoms with Crippen molar-refractivity contribution < 1.29 is 32.9 Å². The maximum absolute atomic E-state index is 12.9. The Kier molecular flexibility index (Phi) is 43.9. The number of aliphatic hydroxyl groups excluding tert-OH is 1. The summed E-state index contributed by atoms with van der Waals surface area (Å²) in [5, 5.41) is 14.0. The van der Waals surface area contributed by atoms with E-state index in [1.807, 2.05) is 21.1 Å². The first kappa shape index (κ1) is 60.2. The van der Waals surface area contributed by atoms with Crippen LogP contribution in [-0.2, 0) is 18.4 Å². The fourth-order valence-corrected chi connectivity index (χ4v) is 8.78. The van der Waals surface area contributed by atoms with Gasteiger partial charge in [0.15, 0.2) is 0 Å². The van der Waals surface area contributed by atoms with Crippen molar-refractivity contribution in [2.75, 3.05) is 40.9 Å². The van der Waals surface area contributed by atoms with Gasteiger partial charge < -0.3 is 19.8 Å². The van der Waals surface area contributed by atoms with Crippen molar-refractivity contribution >= 4 is 13.7 Å². The number of aliphatic hydroxyl groups is 1. The fraction of sp³-hybridized carbons (Fsp3) is 0.942. The molecule has 0 bridgehead atoms. The molecule has 0 saturated heterocycles. The van der Waals surface area contributed by atoms with Gasteiger partial charge in [-0.25, -0.2) is 4.57 Å². The number of unbranched alkanes of at least 4 members (excludes halogenated alkanes) is 34. The fourth-order valence-electron chi connectivity index (χ4n) is 8.04. The standard InChI is InChI=1S/C52H105N2O6P/c1-6-8-10-12-14-16-18-20-22-24-25-26-27-28-30-31-33-35-37-39-41-43-45-51(55)50(49-60-61(57,58)59-48-47-54(3,4)5)53-52(56)46-44-42-40-38-36-34-32-29-23-21-19-17-15-13-11-9-7-2/h21,23,50-51,55H,6-20,22,24-49H2,1-5H3,(H-,53,56,57,58)/p+1/b23-21-. The molecule has 61 heavy (non-hydrogen) atoms. The minimum Gasteiger partial charge on any atom is -0.391 e. The van der Waals surface area contributed by atoms with Gasteiger partial charge in [-0.15, -0.1) is 0 Å². The molecule has 0 aromatic heterocycles. The first-order valence-electron chi connectivity index (χ1n) is 26.6. The molecule has 0 aliphatic heterocycles. The van der Waals surface area contributed by atoms with Crippen LogP contribution >= 0.6 is 7.82 Å². The number of amides is 1. The van der Waals surface area contributed by atoms with Gasteiger partial charge >= 0.3 is 7.82 Å². The quantitative estimate of drug-likeness (QED) is 0.0243.